The highest BCUT2D eigenvalue weighted by Gasteiger charge is 2.32. The van der Waals surface area contributed by atoms with E-state index in [1.165, 1.54) is 6.42 Å². The summed E-state index contributed by atoms with van der Waals surface area (Å²) in [5, 5.41) is 4.09. The van der Waals surface area contributed by atoms with Gasteiger partial charge in [-0.3, -0.25) is 9.59 Å². The first-order chi connectivity index (χ1) is 18.8. The van der Waals surface area contributed by atoms with Gasteiger partial charge in [0.2, 0.25) is 5.91 Å². The number of carbonyl (C=O) groups is 2. The van der Waals surface area contributed by atoms with E-state index in [0.29, 0.717) is 22.2 Å². The van der Waals surface area contributed by atoms with Crippen molar-refractivity contribution in [1.82, 2.24) is 10.2 Å². The van der Waals surface area contributed by atoms with Crippen molar-refractivity contribution in [2.75, 3.05) is 6.61 Å². The highest BCUT2D eigenvalue weighted by Crippen LogP contribution is 2.25. The second kappa shape index (κ2) is 13.9. The zero-order chi connectivity index (χ0) is 27.8. The van der Waals surface area contributed by atoms with Gasteiger partial charge in [0.05, 0.1) is 10.0 Å². The molecular formula is C32H36Cl2N2O3. The summed E-state index contributed by atoms with van der Waals surface area (Å²) < 4.78 is 5.93. The molecule has 7 heteroatoms. The molecule has 0 spiro atoms. The van der Waals surface area contributed by atoms with Crippen LogP contribution in [0.2, 0.25) is 10.0 Å². The van der Waals surface area contributed by atoms with E-state index in [-0.39, 0.29) is 31.0 Å². The molecule has 3 aromatic rings. The fourth-order valence-corrected chi connectivity index (χ4v) is 5.29. The molecule has 4 rings (SSSR count). The van der Waals surface area contributed by atoms with E-state index in [0.717, 1.165) is 47.9 Å². The van der Waals surface area contributed by atoms with Gasteiger partial charge in [-0.1, -0.05) is 84.9 Å². The lowest BCUT2D eigenvalue weighted by molar-refractivity contribution is -0.143. The number of hydrogen-bond acceptors (Lipinski definition) is 3. The summed E-state index contributed by atoms with van der Waals surface area (Å²) in [6.45, 7) is 4.04. The van der Waals surface area contributed by atoms with Crippen molar-refractivity contribution >= 4 is 35.0 Å². The maximum atomic E-state index is 13.8. The smallest absolute Gasteiger partial charge is 0.261 e. The molecule has 2 amide bonds. The van der Waals surface area contributed by atoms with Gasteiger partial charge < -0.3 is 15.0 Å². The Labute approximate surface area is 241 Å². The molecule has 3 aromatic carbocycles. The van der Waals surface area contributed by atoms with E-state index in [2.05, 4.69) is 5.32 Å². The maximum absolute atomic E-state index is 13.8. The molecule has 0 aromatic heterocycles. The van der Waals surface area contributed by atoms with Crippen LogP contribution in [0.1, 0.15) is 54.4 Å². The van der Waals surface area contributed by atoms with Crippen LogP contribution in [0, 0.1) is 13.8 Å². The largest absolute Gasteiger partial charge is 0.484 e. The van der Waals surface area contributed by atoms with Crippen LogP contribution in [0.5, 0.6) is 5.75 Å². The topological polar surface area (TPSA) is 58.6 Å². The van der Waals surface area contributed by atoms with Gasteiger partial charge in [-0.15, -0.1) is 0 Å². The lowest BCUT2D eigenvalue weighted by Gasteiger charge is -2.33. The number of carbonyl (C=O) groups excluding carboxylic acids is 2. The third kappa shape index (κ3) is 8.23. The number of ether oxygens (including phenoxy) is 1. The van der Waals surface area contributed by atoms with Gasteiger partial charge in [-0.25, -0.2) is 0 Å². The van der Waals surface area contributed by atoms with E-state index in [4.69, 9.17) is 27.9 Å². The molecule has 0 heterocycles. The monoisotopic (exact) mass is 566 g/mol. The molecule has 1 saturated carbocycles. The Hall–Kier alpha value is -3.02. The molecule has 0 bridgehead atoms. The molecule has 1 fully saturated rings. The second-order valence-electron chi connectivity index (χ2n) is 10.4. The predicted octanol–water partition coefficient (Wildman–Crippen LogP) is 7.08. The fraction of sp³-hybridized carbons (Fsp3) is 0.375. The zero-order valence-corrected chi connectivity index (χ0v) is 24.1. The highest BCUT2D eigenvalue weighted by molar-refractivity contribution is 6.42. The summed E-state index contributed by atoms with van der Waals surface area (Å²) in [5.41, 5.74) is 3.99. The Morgan fingerprint density at radius 3 is 2.33 bits per heavy atom. The van der Waals surface area contributed by atoms with Crippen molar-refractivity contribution in [1.29, 1.82) is 0 Å². The number of hydrogen-bond donors (Lipinski definition) is 1. The number of aryl methyl sites for hydroxylation is 2. The molecule has 0 unspecified atom stereocenters. The Morgan fingerprint density at radius 2 is 1.64 bits per heavy atom. The first-order valence-electron chi connectivity index (χ1n) is 13.6. The SMILES string of the molecule is Cc1ccc(OCC(=O)N(Cc2ccc(Cl)c(Cl)c2)[C@@H](Cc2ccccc2)C(=O)NC2CCCCC2)cc1C. The third-order valence-electron chi connectivity index (χ3n) is 7.40. The minimum absolute atomic E-state index is 0.123. The van der Waals surface area contributed by atoms with Crippen molar-refractivity contribution in [2.45, 2.75) is 71.0 Å². The lowest BCUT2D eigenvalue weighted by Crippen LogP contribution is -2.53. The van der Waals surface area contributed by atoms with Crippen LogP contribution in [0.3, 0.4) is 0 Å². The van der Waals surface area contributed by atoms with Gasteiger partial charge in [-0.05, 0) is 73.2 Å². The summed E-state index contributed by atoms with van der Waals surface area (Å²) >= 11 is 12.5. The minimum Gasteiger partial charge on any atom is -0.484 e. The third-order valence-corrected chi connectivity index (χ3v) is 8.14. The average Bonchev–Trinajstić information content (AvgIpc) is 2.94. The van der Waals surface area contributed by atoms with Crippen molar-refractivity contribution in [3.8, 4) is 5.75 Å². The van der Waals surface area contributed by atoms with Gasteiger partial charge >= 0.3 is 0 Å². The molecule has 0 aliphatic heterocycles. The zero-order valence-electron chi connectivity index (χ0n) is 22.6. The Bertz CT molecular complexity index is 1280. The van der Waals surface area contributed by atoms with E-state index >= 15 is 0 Å². The van der Waals surface area contributed by atoms with Gasteiger partial charge in [0, 0.05) is 19.0 Å². The number of nitrogens with zero attached hydrogens (tertiary/aromatic N) is 1. The summed E-state index contributed by atoms with van der Waals surface area (Å²) in [5.74, 6) is 0.191. The van der Waals surface area contributed by atoms with Crippen LogP contribution in [0.25, 0.3) is 0 Å². The molecule has 1 N–H and O–H groups in total. The quantitative estimate of drug-likeness (QED) is 0.285. The van der Waals surface area contributed by atoms with Crippen LogP contribution in [0.4, 0.5) is 0 Å². The molecule has 1 atom stereocenters. The van der Waals surface area contributed by atoms with E-state index < -0.39 is 6.04 Å². The number of benzene rings is 3. The molecule has 1 aliphatic carbocycles. The van der Waals surface area contributed by atoms with Gasteiger partial charge in [-0.2, -0.15) is 0 Å². The Morgan fingerprint density at radius 1 is 0.897 bits per heavy atom. The van der Waals surface area contributed by atoms with Crippen LogP contribution in [-0.2, 0) is 22.6 Å². The first-order valence-corrected chi connectivity index (χ1v) is 14.3. The van der Waals surface area contributed by atoms with E-state index in [9.17, 15) is 9.59 Å². The van der Waals surface area contributed by atoms with Crippen molar-refractivity contribution in [3.05, 3.63) is 99.0 Å². The summed E-state index contributed by atoms with van der Waals surface area (Å²) in [4.78, 5) is 29.3. The first kappa shape index (κ1) is 29.0. The second-order valence-corrected chi connectivity index (χ2v) is 11.2. The summed E-state index contributed by atoms with van der Waals surface area (Å²) in [6.07, 6.45) is 5.70. The van der Waals surface area contributed by atoms with Crippen LogP contribution >= 0.6 is 23.2 Å². The van der Waals surface area contributed by atoms with Gasteiger partial charge in [0.1, 0.15) is 11.8 Å². The fourth-order valence-electron chi connectivity index (χ4n) is 4.96. The molecule has 5 nitrogen and oxygen atoms in total. The van der Waals surface area contributed by atoms with Crippen molar-refractivity contribution in [3.63, 3.8) is 0 Å². The number of amides is 2. The predicted molar refractivity (Wildman–Crippen MR) is 157 cm³/mol. The highest BCUT2D eigenvalue weighted by atomic mass is 35.5. The van der Waals surface area contributed by atoms with Gasteiger partial charge in [0.25, 0.3) is 5.91 Å². The Balaban J connectivity index is 1.63. The number of rotatable bonds is 10. The molecule has 0 saturated heterocycles. The van der Waals surface area contributed by atoms with Crippen LogP contribution in [-0.4, -0.2) is 35.4 Å². The molecule has 206 valence electrons. The Kier molecular flexibility index (Phi) is 10.3. The van der Waals surface area contributed by atoms with Crippen LogP contribution < -0.4 is 10.1 Å². The van der Waals surface area contributed by atoms with Crippen LogP contribution in [0.15, 0.2) is 66.7 Å². The summed E-state index contributed by atoms with van der Waals surface area (Å²) in [6, 6.07) is 20.2. The lowest BCUT2D eigenvalue weighted by atomic mass is 9.94. The van der Waals surface area contributed by atoms with E-state index in [1.807, 2.05) is 68.4 Å². The maximum Gasteiger partial charge on any atom is 0.261 e. The number of halogens is 2. The van der Waals surface area contributed by atoms with Crippen molar-refractivity contribution < 1.29 is 14.3 Å². The molecular weight excluding hydrogens is 531 g/mol. The van der Waals surface area contributed by atoms with Crippen molar-refractivity contribution in [2.24, 2.45) is 0 Å². The number of nitrogens with one attached hydrogen (secondary N) is 1. The van der Waals surface area contributed by atoms with Gasteiger partial charge in [0.15, 0.2) is 6.61 Å². The summed E-state index contributed by atoms with van der Waals surface area (Å²) in [7, 11) is 0. The molecule has 1 aliphatic rings. The normalized spacial score (nSPS) is 14.5. The molecule has 39 heavy (non-hydrogen) atoms. The minimum atomic E-state index is -0.723. The van der Waals surface area contributed by atoms with E-state index in [1.54, 1.807) is 17.0 Å². The average molecular weight is 568 g/mol. The molecule has 0 radical (unpaired) electrons. The standard InChI is InChI=1S/C32H36Cl2N2O3/c1-22-13-15-27(17-23(22)2)39-21-31(37)36(20-25-14-16-28(33)29(34)18-25)30(19-24-9-5-3-6-10-24)32(38)35-26-11-7-4-8-12-26/h3,5-6,9-10,13-18,26,30H,4,7-8,11-12,19-21H2,1-2H3,(H,35,38)/t30-/m0/s1.